The lowest BCUT2D eigenvalue weighted by Gasteiger charge is -2.24. The summed E-state index contributed by atoms with van der Waals surface area (Å²) >= 11 is 0. The first-order valence-electron chi connectivity index (χ1n) is 9.28. The summed E-state index contributed by atoms with van der Waals surface area (Å²) in [5.41, 5.74) is 0.633. The first kappa shape index (κ1) is 17.2. The van der Waals surface area contributed by atoms with Gasteiger partial charge in [0, 0.05) is 37.3 Å². The molecular weight excluding hydrogens is 303 g/mol. The van der Waals surface area contributed by atoms with Crippen molar-refractivity contribution in [2.45, 2.75) is 57.7 Å². The second kappa shape index (κ2) is 8.47. The predicted molar refractivity (Wildman–Crippen MR) is 96.6 cm³/mol. The molecule has 1 unspecified atom stereocenters. The van der Waals surface area contributed by atoms with E-state index in [9.17, 15) is 4.39 Å². The Morgan fingerprint density at radius 1 is 1.25 bits per heavy atom. The number of halogens is 1. The number of aliphatic imine (C=N–C) groups is 1. The average molecular weight is 332 g/mol. The van der Waals surface area contributed by atoms with Gasteiger partial charge in [0.15, 0.2) is 5.96 Å². The SMILES string of the molecule is CCNC(=NCc1ccccc1F)NC1CCN(C2CCCC2)C1. The molecule has 0 bridgehead atoms. The van der Waals surface area contributed by atoms with Gasteiger partial charge in [-0.25, -0.2) is 9.38 Å². The van der Waals surface area contributed by atoms with Crippen LogP contribution < -0.4 is 10.6 Å². The van der Waals surface area contributed by atoms with E-state index in [0.717, 1.165) is 31.5 Å². The van der Waals surface area contributed by atoms with Crippen molar-refractivity contribution in [3.63, 3.8) is 0 Å². The Morgan fingerprint density at radius 2 is 2.04 bits per heavy atom. The topological polar surface area (TPSA) is 39.7 Å². The molecule has 2 fully saturated rings. The van der Waals surface area contributed by atoms with Crippen LogP contribution in [0.5, 0.6) is 0 Å². The van der Waals surface area contributed by atoms with E-state index in [2.05, 4.69) is 27.4 Å². The summed E-state index contributed by atoms with van der Waals surface area (Å²) in [5.74, 6) is 0.601. The summed E-state index contributed by atoms with van der Waals surface area (Å²) in [6.07, 6.45) is 6.63. The zero-order chi connectivity index (χ0) is 16.8. The van der Waals surface area contributed by atoms with E-state index in [4.69, 9.17) is 0 Å². The maximum absolute atomic E-state index is 13.7. The van der Waals surface area contributed by atoms with Crippen LogP contribution in [0.4, 0.5) is 4.39 Å². The molecule has 4 nitrogen and oxygen atoms in total. The van der Waals surface area contributed by atoms with E-state index in [1.54, 1.807) is 12.1 Å². The van der Waals surface area contributed by atoms with Crippen LogP contribution in [0, 0.1) is 5.82 Å². The molecule has 1 aromatic rings. The highest BCUT2D eigenvalue weighted by molar-refractivity contribution is 5.80. The quantitative estimate of drug-likeness (QED) is 0.643. The Kier molecular flexibility index (Phi) is 6.07. The van der Waals surface area contributed by atoms with Crippen LogP contribution in [0.15, 0.2) is 29.3 Å². The molecule has 24 heavy (non-hydrogen) atoms. The molecule has 1 atom stereocenters. The summed E-state index contributed by atoms with van der Waals surface area (Å²) in [5, 5.41) is 6.82. The van der Waals surface area contributed by atoms with Gasteiger partial charge in [-0.2, -0.15) is 0 Å². The highest BCUT2D eigenvalue weighted by Crippen LogP contribution is 2.26. The maximum atomic E-state index is 13.7. The molecule has 132 valence electrons. The van der Waals surface area contributed by atoms with Crippen LogP contribution >= 0.6 is 0 Å². The van der Waals surface area contributed by atoms with E-state index in [1.165, 1.54) is 38.3 Å². The minimum atomic E-state index is -0.189. The number of hydrogen-bond donors (Lipinski definition) is 2. The van der Waals surface area contributed by atoms with E-state index in [-0.39, 0.29) is 5.82 Å². The molecule has 0 radical (unpaired) electrons. The van der Waals surface area contributed by atoms with Crippen molar-refractivity contribution < 1.29 is 4.39 Å². The number of guanidine groups is 1. The lowest BCUT2D eigenvalue weighted by Crippen LogP contribution is -2.45. The second-order valence-corrected chi connectivity index (χ2v) is 6.85. The van der Waals surface area contributed by atoms with Crippen LogP contribution in [0.2, 0.25) is 0 Å². The van der Waals surface area contributed by atoms with Crippen molar-refractivity contribution in [1.29, 1.82) is 0 Å². The zero-order valence-electron chi connectivity index (χ0n) is 14.6. The van der Waals surface area contributed by atoms with Crippen molar-refractivity contribution in [2.24, 2.45) is 4.99 Å². The van der Waals surface area contributed by atoms with Crippen LogP contribution in [-0.4, -0.2) is 42.6 Å². The molecule has 1 aliphatic carbocycles. The molecule has 1 aromatic carbocycles. The van der Waals surface area contributed by atoms with Gasteiger partial charge >= 0.3 is 0 Å². The van der Waals surface area contributed by atoms with Crippen LogP contribution in [-0.2, 0) is 6.54 Å². The van der Waals surface area contributed by atoms with Crippen molar-refractivity contribution in [3.8, 4) is 0 Å². The minimum Gasteiger partial charge on any atom is -0.357 e. The van der Waals surface area contributed by atoms with E-state index >= 15 is 0 Å². The third-order valence-corrected chi connectivity index (χ3v) is 5.11. The molecule has 0 spiro atoms. The smallest absolute Gasteiger partial charge is 0.191 e. The highest BCUT2D eigenvalue weighted by atomic mass is 19.1. The molecule has 1 aliphatic heterocycles. The Labute approximate surface area is 144 Å². The van der Waals surface area contributed by atoms with Gasteiger partial charge in [-0.05, 0) is 32.3 Å². The number of nitrogens with one attached hydrogen (secondary N) is 2. The van der Waals surface area contributed by atoms with Crippen LogP contribution in [0.25, 0.3) is 0 Å². The number of nitrogens with zero attached hydrogens (tertiary/aromatic N) is 2. The lowest BCUT2D eigenvalue weighted by atomic mass is 10.2. The third-order valence-electron chi connectivity index (χ3n) is 5.11. The van der Waals surface area contributed by atoms with Gasteiger partial charge in [-0.15, -0.1) is 0 Å². The van der Waals surface area contributed by atoms with Gasteiger partial charge < -0.3 is 10.6 Å². The number of hydrogen-bond acceptors (Lipinski definition) is 2. The van der Waals surface area contributed by atoms with Crippen molar-refractivity contribution in [1.82, 2.24) is 15.5 Å². The van der Waals surface area contributed by atoms with Gasteiger partial charge in [0.05, 0.1) is 6.54 Å². The summed E-state index contributed by atoms with van der Waals surface area (Å²) in [6.45, 7) is 5.49. The monoisotopic (exact) mass is 332 g/mol. The van der Waals surface area contributed by atoms with Gasteiger partial charge in [0.1, 0.15) is 5.82 Å². The summed E-state index contributed by atoms with van der Waals surface area (Å²) in [7, 11) is 0. The fourth-order valence-electron chi connectivity index (χ4n) is 3.81. The highest BCUT2D eigenvalue weighted by Gasteiger charge is 2.30. The minimum absolute atomic E-state index is 0.189. The van der Waals surface area contributed by atoms with Crippen LogP contribution in [0.3, 0.4) is 0 Å². The summed E-state index contributed by atoms with van der Waals surface area (Å²) in [4.78, 5) is 7.20. The Bertz CT molecular complexity index is 554. The van der Waals surface area contributed by atoms with E-state index < -0.39 is 0 Å². The molecule has 1 heterocycles. The number of likely N-dealkylation sites (tertiary alicyclic amines) is 1. The average Bonchev–Trinajstić information content (AvgIpc) is 3.25. The Balaban J connectivity index is 1.55. The van der Waals surface area contributed by atoms with E-state index in [1.807, 2.05) is 6.07 Å². The molecule has 3 rings (SSSR count). The number of rotatable bonds is 5. The van der Waals surface area contributed by atoms with Gasteiger partial charge in [0.2, 0.25) is 0 Å². The standard InChI is InChI=1S/C19H29FN4/c1-2-21-19(22-13-15-7-3-6-10-18(15)20)23-16-11-12-24(14-16)17-8-4-5-9-17/h3,6-7,10,16-17H,2,4-5,8-9,11-14H2,1H3,(H2,21,22,23). The second-order valence-electron chi connectivity index (χ2n) is 6.85. The largest absolute Gasteiger partial charge is 0.357 e. The fourth-order valence-corrected chi connectivity index (χ4v) is 3.81. The summed E-state index contributed by atoms with van der Waals surface area (Å²) in [6, 6.07) is 8.06. The number of benzene rings is 1. The Morgan fingerprint density at radius 3 is 2.79 bits per heavy atom. The predicted octanol–water partition coefficient (Wildman–Crippen LogP) is 2.90. The first-order valence-corrected chi connectivity index (χ1v) is 9.28. The first-order chi connectivity index (χ1) is 11.8. The molecular formula is C19H29FN4. The fraction of sp³-hybridized carbons (Fsp3) is 0.632. The van der Waals surface area contributed by atoms with Gasteiger partial charge in [-0.1, -0.05) is 31.0 Å². The van der Waals surface area contributed by atoms with E-state index in [0.29, 0.717) is 18.2 Å². The van der Waals surface area contributed by atoms with Crippen LogP contribution in [0.1, 0.15) is 44.6 Å². The molecule has 1 saturated heterocycles. The van der Waals surface area contributed by atoms with Gasteiger partial charge in [0.25, 0.3) is 0 Å². The molecule has 2 N–H and O–H groups in total. The lowest BCUT2D eigenvalue weighted by molar-refractivity contribution is 0.242. The molecule has 2 aliphatic rings. The summed E-state index contributed by atoms with van der Waals surface area (Å²) < 4.78 is 13.7. The van der Waals surface area contributed by atoms with Crippen molar-refractivity contribution in [3.05, 3.63) is 35.6 Å². The third kappa shape index (κ3) is 4.47. The van der Waals surface area contributed by atoms with Gasteiger partial charge in [-0.3, -0.25) is 4.90 Å². The molecule has 0 aromatic heterocycles. The molecule has 1 saturated carbocycles. The Hall–Kier alpha value is -1.62. The van der Waals surface area contributed by atoms with Crippen molar-refractivity contribution in [2.75, 3.05) is 19.6 Å². The van der Waals surface area contributed by atoms with Crippen molar-refractivity contribution >= 4 is 5.96 Å². The normalized spacial score (nSPS) is 22.9. The molecule has 0 amide bonds. The molecule has 5 heteroatoms. The zero-order valence-corrected chi connectivity index (χ0v) is 14.6. The maximum Gasteiger partial charge on any atom is 0.191 e.